The molecule has 1 spiro atoms. The quantitative estimate of drug-likeness (QED) is 0.813. The molecule has 6 heteroatoms. The average Bonchev–Trinajstić information content (AvgIpc) is 3.23. The van der Waals surface area contributed by atoms with Crippen LogP contribution in [0.4, 0.5) is 4.39 Å². The number of ether oxygens (including phenoxy) is 1. The van der Waals surface area contributed by atoms with Crippen LogP contribution in [-0.4, -0.2) is 47.4 Å². The van der Waals surface area contributed by atoms with Gasteiger partial charge in [-0.25, -0.2) is 4.39 Å². The molecule has 1 amide bonds. The minimum atomic E-state index is -0.322. The van der Waals surface area contributed by atoms with Gasteiger partial charge in [0.15, 0.2) is 0 Å². The van der Waals surface area contributed by atoms with Crippen molar-refractivity contribution in [3.63, 3.8) is 0 Å². The van der Waals surface area contributed by atoms with Crippen molar-refractivity contribution in [3.05, 3.63) is 59.7 Å². The maximum absolute atomic E-state index is 14.1. The van der Waals surface area contributed by atoms with Gasteiger partial charge >= 0.3 is 0 Å². The summed E-state index contributed by atoms with van der Waals surface area (Å²) in [5.74, 6) is 0.646. The molecule has 0 radical (unpaired) electrons. The van der Waals surface area contributed by atoms with Gasteiger partial charge in [0.05, 0.1) is 12.5 Å². The van der Waals surface area contributed by atoms with E-state index in [0.717, 1.165) is 31.5 Å². The zero-order chi connectivity index (χ0) is 18.9. The number of nitrogens with zero attached hydrogens (tertiary/aromatic N) is 3. The second-order valence-electron chi connectivity index (χ2n) is 7.54. The van der Waals surface area contributed by atoms with Gasteiger partial charge < -0.3 is 9.64 Å². The van der Waals surface area contributed by atoms with Gasteiger partial charge in [0, 0.05) is 44.1 Å². The molecule has 2 aliphatic heterocycles. The lowest BCUT2D eigenvalue weighted by Crippen LogP contribution is -2.36. The van der Waals surface area contributed by atoms with E-state index >= 15 is 0 Å². The molecular formula is C21H24FN3O2. The van der Waals surface area contributed by atoms with Crippen LogP contribution < -0.4 is 4.74 Å². The molecule has 4 rings (SSSR count). The SMILES string of the molecule is COc1ccc(F)c(CN2CCC3(CCN(Cc4cccnc4)C3=O)C2)c1. The summed E-state index contributed by atoms with van der Waals surface area (Å²) in [6.07, 6.45) is 5.25. The summed E-state index contributed by atoms with van der Waals surface area (Å²) in [6, 6.07) is 8.70. The maximum atomic E-state index is 14.1. The number of rotatable bonds is 5. The summed E-state index contributed by atoms with van der Waals surface area (Å²) in [4.78, 5) is 21.3. The Bertz CT molecular complexity index is 829. The number of carbonyl (C=O) groups excluding carboxylic acids is 1. The van der Waals surface area contributed by atoms with Crippen molar-refractivity contribution in [1.82, 2.24) is 14.8 Å². The Kier molecular flexibility index (Phi) is 4.83. The number of halogens is 1. The summed E-state index contributed by atoms with van der Waals surface area (Å²) in [5.41, 5.74) is 1.35. The fraction of sp³-hybridized carbons (Fsp3) is 0.429. The van der Waals surface area contributed by atoms with Gasteiger partial charge in [-0.15, -0.1) is 0 Å². The largest absolute Gasteiger partial charge is 0.497 e. The van der Waals surface area contributed by atoms with Gasteiger partial charge in [-0.1, -0.05) is 6.07 Å². The average molecular weight is 369 g/mol. The highest BCUT2D eigenvalue weighted by atomic mass is 19.1. The van der Waals surface area contributed by atoms with Crippen LogP contribution in [0.2, 0.25) is 0 Å². The van der Waals surface area contributed by atoms with E-state index in [9.17, 15) is 9.18 Å². The zero-order valence-electron chi connectivity index (χ0n) is 15.5. The van der Waals surface area contributed by atoms with Crippen molar-refractivity contribution in [2.24, 2.45) is 5.41 Å². The van der Waals surface area contributed by atoms with E-state index in [4.69, 9.17) is 4.74 Å². The first-order chi connectivity index (χ1) is 13.1. The lowest BCUT2D eigenvalue weighted by molar-refractivity contribution is -0.136. The van der Waals surface area contributed by atoms with Gasteiger partial charge in [-0.05, 0) is 49.2 Å². The first-order valence-electron chi connectivity index (χ1n) is 9.33. The van der Waals surface area contributed by atoms with E-state index in [0.29, 0.717) is 30.9 Å². The molecule has 1 atom stereocenters. The van der Waals surface area contributed by atoms with E-state index < -0.39 is 0 Å². The molecule has 3 heterocycles. The number of hydrogen-bond acceptors (Lipinski definition) is 4. The number of hydrogen-bond donors (Lipinski definition) is 0. The Balaban J connectivity index is 1.42. The zero-order valence-corrected chi connectivity index (χ0v) is 15.5. The van der Waals surface area contributed by atoms with Gasteiger partial charge in [0.25, 0.3) is 0 Å². The number of pyridine rings is 1. The summed E-state index contributed by atoms with van der Waals surface area (Å²) < 4.78 is 19.4. The molecule has 0 aliphatic carbocycles. The highest BCUT2D eigenvalue weighted by Gasteiger charge is 2.50. The van der Waals surface area contributed by atoms with Crippen LogP contribution in [0.3, 0.4) is 0 Å². The third kappa shape index (κ3) is 3.54. The molecule has 0 saturated carbocycles. The van der Waals surface area contributed by atoms with Gasteiger partial charge in [0.2, 0.25) is 5.91 Å². The van der Waals surface area contributed by atoms with Crippen molar-refractivity contribution in [1.29, 1.82) is 0 Å². The molecule has 2 fully saturated rings. The normalized spacial score (nSPS) is 22.7. The predicted molar refractivity (Wildman–Crippen MR) is 99.6 cm³/mol. The Morgan fingerprint density at radius 1 is 1.22 bits per heavy atom. The van der Waals surface area contributed by atoms with Crippen LogP contribution in [-0.2, 0) is 17.9 Å². The third-order valence-electron chi connectivity index (χ3n) is 5.78. The van der Waals surface area contributed by atoms with E-state index in [2.05, 4.69) is 9.88 Å². The van der Waals surface area contributed by atoms with Gasteiger partial charge in [-0.3, -0.25) is 14.7 Å². The third-order valence-corrected chi connectivity index (χ3v) is 5.78. The second kappa shape index (κ2) is 7.27. The highest BCUT2D eigenvalue weighted by Crippen LogP contribution is 2.41. The van der Waals surface area contributed by atoms with Crippen molar-refractivity contribution in [2.45, 2.75) is 25.9 Å². The molecule has 0 bridgehead atoms. The van der Waals surface area contributed by atoms with Crippen LogP contribution in [0.5, 0.6) is 5.75 Å². The number of aromatic nitrogens is 1. The molecule has 2 aromatic rings. The van der Waals surface area contributed by atoms with Crippen LogP contribution in [0, 0.1) is 11.2 Å². The molecule has 1 unspecified atom stereocenters. The van der Waals surface area contributed by atoms with Crippen molar-refractivity contribution in [2.75, 3.05) is 26.7 Å². The number of likely N-dealkylation sites (tertiary alicyclic amines) is 2. The van der Waals surface area contributed by atoms with E-state index in [1.54, 1.807) is 25.4 Å². The monoisotopic (exact) mass is 369 g/mol. The summed E-state index contributed by atoms with van der Waals surface area (Å²) in [7, 11) is 1.58. The van der Waals surface area contributed by atoms with Gasteiger partial charge in [-0.2, -0.15) is 0 Å². The van der Waals surface area contributed by atoms with Crippen molar-refractivity contribution >= 4 is 5.91 Å². The van der Waals surface area contributed by atoms with E-state index in [-0.39, 0.29) is 17.1 Å². The number of amides is 1. The molecule has 2 aliphatic rings. The van der Waals surface area contributed by atoms with Gasteiger partial charge in [0.1, 0.15) is 11.6 Å². The minimum absolute atomic E-state index is 0.222. The molecule has 0 N–H and O–H groups in total. The van der Waals surface area contributed by atoms with Crippen LogP contribution in [0.25, 0.3) is 0 Å². The molecule has 5 nitrogen and oxygen atoms in total. The molecule has 1 aromatic heterocycles. The minimum Gasteiger partial charge on any atom is -0.497 e. The van der Waals surface area contributed by atoms with Crippen molar-refractivity contribution < 1.29 is 13.9 Å². The Labute approximate surface area is 158 Å². The molecule has 1 aromatic carbocycles. The lowest BCUT2D eigenvalue weighted by atomic mass is 9.85. The first kappa shape index (κ1) is 17.9. The van der Waals surface area contributed by atoms with Crippen LogP contribution >= 0.6 is 0 Å². The summed E-state index contributed by atoms with van der Waals surface area (Å²) >= 11 is 0. The smallest absolute Gasteiger partial charge is 0.230 e. The van der Waals surface area contributed by atoms with E-state index in [1.807, 2.05) is 23.2 Å². The Hall–Kier alpha value is -2.47. The molecule has 2 saturated heterocycles. The summed E-state index contributed by atoms with van der Waals surface area (Å²) in [6.45, 7) is 3.38. The lowest BCUT2D eigenvalue weighted by Gasteiger charge is -2.24. The number of carbonyl (C=O) groups is 1. The molecule has 27 heavy (non-hydrogen) atoms. The standard InChI is InChI=1S/C21H24FN3O2/c1-27-18-4-5-19(22)17(11-18)14-24-9-6-21(15-24)7-10-25(20(21)26)13-16-3-2-8-23-12-16/h2-5,8,11-12H,6-7,9-10,13-15H2,1H3. The topological polar surface area (TPSA) is 45.7 Å². The maximum Gasteiger partial charge on any atom is 0.230 e. The van der Waals surface area contributed by atoms with Crippen molar-refractivity contribution in [3.8, 4) is 5.75 Å². The number of benzene rings is 1. The highest BCUT2D eigenvalue weighted by molar-refractivity contribution is 5.85. The fourth-order valence-electron chi connectivity index (χ4n) is 4.27. The Morgan fingerprint density at radius 3 is 2.85 bits per heavy atom. The summed E-state index contributed by atoms with van der Waals surface area (Å²) in [5, 5.41) is 0. The van der Waals surface area contributed by atoms with Crippen LogP contribution in [0.1, 0.15) is 24.0 Å². The fourth-order valence-corrected chi connectivity index (χ4v) is 4.27. The molecular weight excluding hydrogens is 345 g/mol. The van der Waals surface area contributed by atoms with E-state index in [1.165, 1.54) is 6.07 Å². The number of methoxy groups -OCH3 is 1. The molecule has 142 valence electrons. The van der Waals surface area contributed by atoms with Crippen LogP contribution in [0.15, 0.2) is 42.7 Å². The Morgan fingerprint density at radius 2 is 2.07 bits per heavy atom. The first-order valence-corrected chi connectivity index (χ1v) is 9.33. The second-order valence-corrected chi connectivity index (χ2v) is 7.54. The predicted octanol–water partition coefficient (Wildman–Crippen LogP) is 2.85.